The van der Waals surface area contributed by atoms with Crippen molar-refractivity contribution < 1.29 is 9.63 Å². The molecule has 2 aromatic heterocycles. The van der Waals surface area contributed by atoms with E-state index in [0.717, 1.165) is 36.1 Å². The Hall–Kier alpha value is -2.17. The van der Waals surface area contributed by atoms with Gasteiger partial charge in [0.05, 0.1) is 11.8 Å². The molecule has 0 atom stereocenters. The van der Waals surface area contributed by atoms with Gasteiger partial charge in [-0.25, -0.2) is 0 Å². The Balaban J connectivity index is 1.59. The summed E-state index contributed by atoms with van der Waals surface area (Å²) in [5.74, 6) is -0.300. The van der Waals surface area contributed by atoms with Crippen LogP contribution in [0.15, 0.2) is 22.7 Å². The molecule has 124 valence electrons. The molecule has 24 heavy (non-hydrogen) atoms. The Kier molecular flexibility index (Phi) is 5.62. The number of fused-ring (bicyclic) bond motifs is 1. The summed E-state index contributed by atoms with van der Waals surface area (Å²) in [7, 11) is 0. The highest BCUT2D eigenvalue weighted by Crippen LogP contribution is 2.36. The lowest BCUT2D eigenvalue weighted by atomic mass is 10.1. The average Bonchev–Trinajstić information content (AvgIpc) is 3.14. The third-order valence-electron chi connectivity index (χ3n) is 3.78. The van der Waals surface area contributed by atoms with Gasteiger partial charge in [-0.1, -0.05) is 17.6 Å². The first-order valence-electron chi connectivity index (χ1n) is 7.81. The first-order chi connectivity index (χ1) is 11.8. The molecule has 1 aliphatic carbocycles. The number of aryl methyl sites for hydroxylation is 1. The molecule has 0 bridgehead atoms. The summed E-state index contributed by atoms with van der Waals surface area (Å²) < 4.78 is 0. The summed E-state index contributed by atoms with van der Waals surface area (Å²) in [5.41, 5.74) is 1.74. The Bertz CT molecular complexity index is 773. The van der Waals surface area contributed by atoms with Gasteiger partial charge in [-0.15, -0.1) is 22.7 Å². The van der Waals surface area contributed by atoms with E-state index in [0.29, 0.717) is 10.6 Å². The van der Waals surface area contributed by atoms with Crippen LogP contribution in [0.4, 0.5) is 5.00 Å². The van der Waals surface area contributed by atoms with Crippen LogP contribution < -0.4 is 5.32 Å². The van der Waals surface area contributed by atoms with Crippen molar-refractivity contribution in [3.8, 4) is 6.07 Å². The van der Waals surface area contributed by atoms with Gasteiger partial charge in [0.1, 0.15) is 11.1 Å². The Morgan fingerprint density at radius 3 is 3.08 bits per heavy atom. The summed E-state index contributed by atoms with van der Waals surface area (Å²) in [6.45, 7) is -0.171. The number of carbonyl (C=O) groups excluding carboxylic acids is 1. The molecule has 0 unspecified atom stereocenters. The second-order valence-corrected chi connectivity index (χ2v) is 7.54. The number of amides is 1. The number of rotatable bonds is 5. The van der Waals surface area contributed by atoms with Crippen LogP contribution in [0.25, 0.3) is 0 Å². The zero-order chi connectivity index (χ0) is 16.8. The highest BCUT2D eigenvalue weighted by atomic mass is 32.1. The van der Waals surface area contributed by atoms with E-state index in [1.165, 1.54) is 22.6 Å². The van der Waals surface area contributed by atoms with E-state index in [9.17, 15) is 10.1 Å². The van der Waals surface area contributed by atoms with E-state index >= 15 is 0 Å². The van der Waals surface area contributed by atoms with Gasteiger partial charge in [0.2, 0.25) is 0 Å². The zero-order valence-electron chi connectivity index (χ0n) is 13.1. The van der Waals surface area contributed by atoms with E-state index in [2.05, 4.69) is 16.5 Å². The topological polar surface area (TPSA) is 74.5 Å². The summed E-state index contributed by atoms with van der Waals surface area (Å²) in [4.78, 5) is 19.2. The van der Waals surface area contributed by atoms with Crippen LogP contribution in [0.1, 0.15) is 40.1 Å². The summed E-state index contributed by atoms with van der Waals surface area (Å²) in [5, 5.41) is 18.6. The smallest absolute Gasteiger partial charge is 0.265 e. The second kappa shape index (κ2) is 8.08. The van der Waals surface area contributed by atoms with Crippen LogP contribution in [-0.4, -0.2) is 18.7 Å². The molecule has 5 nitrogen and oxygen atoms in total. The number of hydrogen-bond donors (Lipinski definition) is 1. The molecule has 0 fully saturated rings. The largest absolute Gasteiger partial charge is 0.386 e. The molecule has 0 radical (unpaired) electrons. The number of nitriles is 1. The van der Waals surface area contributed by atoms with Gasteiger partial charge in [-0.05, 0) is 42.7 Å². The normalized spacial score (nSPS) is 14.0. The number of thiophene rings is 2. The maximum atomic E-state index is 12.0. The Morgan fingerprint density at radius 1 is 1.42 bits per heavy atom. The molecule has 3 rings (SSSR count). The summed E-state index contributed by atoms with van der Waals surface area (Å²) >= 11 is 3.06. The van der Waals surface area contributed by atoms with E-state index in [1.54, 1.807) is 17.6 Å². The summed E-state index contributed by atoms with van der Waals surface area (Å²) in [6.07, 6.45) is 6.94. The van der Waals surface area contributed by atoms with E-state index in [1.807, 2.05) is 17.5 Å². The fraction of sp³-hybridized carbons (Fsp3) is 0.353. The SMILES string of the molecule is N#Cc1c(NC(=O)CO/N=C\c2cccs2)sc2c1CCCCC2. The molecule has 2 heterocycles. The van der Waals surface area contributed by atoms with Crippen LogP contribution in [0, 0.1) is 11.3 Å². The van der Waals surface area contributed by atoms with Crippen LogP contribution in [0.3, 0.4) is 0 Å². The molecule has 0 aromatic carbocycles. The second-order valence-electron chi connectivity index (χ2n) is 5.45. The highest BCUT2D eigenvalue weighted by Gasteiger charge is 2.20. The van der Waals surface area contributed by atoms with Crippen molar-refractivity contribution >= 4 is 39.8 Å². The third kappa shape index (κ3) is 4.02. The monoisotopic (exact) mass is 359 g/mol. The summed E-state index contributed by atoms with van der Waals surface area (Å²) in [6, 6.07) is 6.08. The van der Waals surface area contributed by atoms with Gasteiger partial charge < -0.3 is 10.2 Å². The number of oxime groups is 1. The number of nitrogens with one attached hydrogen (secondary N) is 1. The van der Waals surface area contributed by atoms with Crippen molar-refractivity contribution in [2.24, 2.45) is 5.16 Å². The first-order valence-corrected chi connectivity index (χ1v) is 9.51. The molecular formula is C17H17N3O2S2. The van der Waals surface area contributed by atoms with Crippen molar-refractivity contribution in [2.75, 3.05) is 11.9 Å². The van der Waals surface area contributed by atoms with Gasteiger partial charge in [-0.3, -0.25) is 4.79 Å². The fourth-order valence-corrected chi connectivity index (χ4v) is 4.49. The first kappa shape index (κ1) is 16.7. The minimum absolute atomic E-state index is 0.171. The van der Waals surface area contributed by atoms with Crippen LogP contribution in [0.2, 0.25) is 0 Å². The lowest BCUT2D eigenvalue weighted by molar-refractivity contribution is -0.120. The van der Waals surface area contributed by atoms with Crippen molar-refractivity contribution in [1.82, 2.24) is 0 Å². The van der Waals surface area contributed by atoms with Crippen LogP contribution in [-0.2, 0) is 22.5 Å². The molecule has 0 spiro atoms. The van der Waals surface area contributed by atoms with Crippen molar-refractivity contribution in [1.29, 1.82) is 5.26 Å². The molecule has 0 saturated heterocycles. The van der Waals surface area contributed by atoms with Gasteiger partial charge in [0, 0.05) is 9.75 Å². The molecular weight excluding hydrogens is 342 g/mol. The Labute approximate surface area is 148 Å². The molecule has 0 saturated carbocycles. The van der Waals surface area contributed by atoms with Gasteiger partial charge in [0.25, 0.3) is 5.91 Å². The van der Waals surface area contributed by atoms with Crippen molar-refractivity contribution in [3.63, 3.8) is 0 Å². The fourth-order valence-electron chi connectivity index (χ4n) is 2.66. The number of anilines is 1. The predicted molar refractivity (Wildman–Crippen MR) is 96.8 cm³/mol. The van der Waals surface area contributed by atoms with Gasteiger partial charge >= 0.3 is 0 Å². The van der Waals surface area contributed by atoms with Crippen molar-refractivity contribution in [2.45, 2.75) is 32.1 Å². The minimum Gasteiger partial charge on any atom is -0.386 e. The van der Waals surface area contributed by atoms with Gasteiger partial charge in [-0.2, -0.15) is 5.26 Å². The molecule has 1 amide bonds. The lowest BCUT2D eigenvalue weighted by Crippen LogP contribution is -2.16. The minimum atomic E-state index is -0.300. The number of carbonyl (C=O) groups is 1. The van der Waals surface area contributed by atoms with Crippen molar-refractivity contribution in [3.05, 3.63) is 38.4 Å². The van der Waals surface area contributed by atoms with Gasteiger partial charge in [0.15, 0.2) is 6.61 Å². The number of hydrogen-bond acceptors (Lipinski definition) is 6. The van der Waals surface area contributed by atoms with Crippen LogP contribution >= 0.6 is 22.7 Å². The maximum absolute atomic E-state index is 12.0. The molecule has 7 heteroatoms. The molecule has 1 aliphatic rings. The molecule has 2 aromatic rings. The van der Waals surface area contributed by atoms with E-state index in [4.69, 9.17) is 4.84 Å². The maximum Gasteiger partial charge on any atom is 0.265 e. The standard InChI is InChI=1S/C17H17N3O2S2/c18-9-14-13-6-2-1-3-7-15(13)24-17(14)20-16(21)11-22-19-10-12-5-4-8-23-12/h4-5,8,10H,1-3,6-7,11H2,(H,20,21)/b19-10-. The number of nitrogens with zero attached hydrogens (tertiary/aromatic N) is 2. The predicted octanol–water partition coefficient (Wildman–Crippen LogP) is 3.94. The average molecular weight is 359 g/mol. The molecule has 1 N–H and O–H groups in total. The Morgan fingerprint density at radius 2 is 2.29 bits per heavy atom. The third-order valence-corrected chi connectivity index (χ3v) is 5.79. The van der Waals surface area contributed by atoms with E-state index < -0.39 is 0 Å². The molecule has 0 aliphatic heterocycles. The highest BCUT2D eigenvalue weighted by molar-refractivity contribution is 7.16. The van der Waals surface area contributed by atoms with E-state index in [-0.39, 0.29) is 12.5 Å². The lowest BCUT2D eigenvalue weighted by Gasteiger charge is -2.03. The zero-order valence-corrected chi connectivity index (χ0v) is 14.7. The quantitative estimate of drug-likeness (QED) is 0.499. The van der Waals surface area contributed by atoms with Crippen LogP contribution in [0.5, 0.6) is 0 Å².